The topological polar surface area (TPSA) is 91.8 Å². The number of tetrazole rings is 1. The van der Waals surface area contributed by atoms with Gasteiger partial charge in [-0.25, -0.2) is 12.7 Å². The lowest BCUT2D eigenvalue weighted by atomic mass is 10.2. The monoisotopic (exact) mass is 329 g/mol. The van der Waals surface area contributed by atoms with Crippen molar-refractivity contribution in [3.05, 3.63) is 34.6 Å². The molecule has 7 nitrogen and oxygen atoms in total. The normalized spacial score (nSPS) is 13.6. The second-order valence-electron chi connectivity index (χ2n) is 4.87. The molecule has 9 heteroatoms. The van der Waals surface area contributed by atoms with Crippen molar-refractivity contribution >= 4 is 21.6 Å². The van der Waals surface area contributed by atoms with E-state index in [1.807, 2.05) is 6.92 Å². The van der Waals surface area contributed by atoms with Crippen molar-refractivity contribution in [3.63, 3.8) is 0 Å². The first-order valence-electron chi connectivity index (χ1n) is 6.28. The number of benzene rings is 1. The first-order valence-corrected chi connectivity index (χ1v) is 8.10. The van der Waals surface area contributed by atoms with E-state index in [1.54, 1.807) is 19.1 Å². The molecule has 0 spiro atoms. The Morgan fingerprint density at radius 2 is 2.14 bits per heavy atom. The van der Waals surface area contributed by atoms with E-state index in [-0.39, 0.29) is 17.4 Å². The maximum Gasteiger partial charge on any atom is 0.243 e. The van der Waals surface area contributed by atoms with Crippen LogP contribution in [-0.4, -0.2) is 46.9 Å². The van der Waals surface area contributed by atoms with Crippen LogP contribution in [0.3, 0.4) is 0 Å². The Bertz CT molecular complexity index is 717. The van der Waals surface area contributed by atoms with Gasteiger partial charge in [-0.05, 0) is 24.6 Å². The van der Waals surface area contributed by atoms with Gasteiger partial charge in [0.25, 0.3) is 0 Å². The highest BCUT2D eigenvalue weighted by atomic mass is 35.5. The molecule has 1 aromatic heterocycles. The quantitative estimate of drug-likeness (QED) is 0.899. The molecule has 2 aromatic rings. The molecule has 0 bridgehead atoms. The van der Waals surface area contributed by atoms with E-state index in [1.165, 1.54) is 17.4 Å². The van der Waals surface area contributed by atoms with E-state index in [2.05, 4.69) is 20.6 Å². The van der Waals surface area contributed by atoms with Crippen molar-refractivity contribution in [3.8, 4) is 0 Å². The third kappa shape index (κ3) is 3.39. The van der Waals surface area contributed by atoms with Gasteiger partial charge < -0.3 is 0 Å². The number of aromatic amines is 1. The lowest BCUT2D eigenvalue weighted by molar-refractivity contribution is 0.439. The van der Waals surface area contributed by atoms with Gasteiger partial charge in [0.1, 0.15) is 0 Å². The minimum atomic E-state index is -3.62. The smallest absolute Gasteiger partial charge is 0.207 e. The number of rotatable bonds is 5. The molecule has 0 radical (unpaired) electrons. The zero-order chi connectivity index (χ0) is 15.6. The van der Waals surface area contributed by atoms with Crippen LogP contribution in [0.4, 0.5) is 0 Å². The van der Waals surface area contributed by atoms with Gasteiger partial charge in [-0.3, -0.25) is 0 Å². The average molecular weight is 330 g/mol. The number of hydrogen-bond donors (Lipinski definition) is 1. The number of halogens is 1. The van der Waals surface area contributed by atoms with Crippen LogP contribution in [0.1, 0.15) is 24.2 Å². The molecule has 0 aliphatic heterocycles. The summed E-state index contributed by atoms with van der Waals surface area (Å²) in [5, 5.41) is 13.9. The van der Waals surface area contributed by atoms with Crippen molar-refractivity contribution in [2.45, 2.75) is 24.7 Å². The van der Waals surface area contributed by atoms with Crippen LogP contribution in [0.25, 0.3) is 0 Å². The summed E-state index contributed by atoms with van der Waals surface area (Å²) in [5.41, 5.74) is 0.651. The molecular formula is C12H16ClN5O2S. The van der Waals surface area contributed by atoms with E-state index in [9.17, 15) is 8.42 Å². The lowest BCUT2D eigenvalue weighted by Crippen LogP contribution is -2.31. The molecular weight excluding hydrogens is 314 g/mol. The summed E-state index contributed by atoms with van der Waals surface area (Å²) >= 11 is 5.90. The van der Waals surface area contributed by atoms with Crippen LogP contribution in [-0.2, 0) is 10.0 Å². The molecule has 0 unspecified atom stereocenters. The van der Waals surface area contributed by atoms with Gasteiger partial charge in [-0.15, -0.1) is 10.2 Å². The molecule has 1 atom stereocenters. The number of hydrogen-bond acceptors (Lipinski definition) is 5. The SMILES string of the molecule is Cc1ccc(Cl)cc1S(=O)(=O)N(C)C[C@@H](C)c1nn[nH]n1. The molecule has 1 N–H and O–H groups in total. The number of H-pyrrole nitrogens is 1. The molecule has 0 saturated heterocycles. The fourth-order valence-electron chi connectivity index (χ4n) is 1.96. The van der Waals surface area contributed by atoms with Crippen LogP contribution in [0, 0.1) is 6.92 Å². The summed E-state index contributed by atoms with van der Waals surface area (Å²) in [6, 6.07) is 4.81. The summed E-state index contributed by atoms with van der Waals surface area (Å²) in [5.74, 6) is 0.294. The number of nitrogens with one attached hydrogen (secondary N) is 1. The maximum absolute atomic E-state index is 12.6. The second-order valence-corrected chi connectivity index (χ2v) is 7.32. The maximum atomic E-state index is 12.6. The summed E-state index contributed by atoms with van der Waals surface area (Å²) in [6.45, 7) is 3.81. The highest BCUT2D eigenvalue weighted by Crippen LogP contribution is 2.24. The summed E-state index contributed by atoms with van der Waals surface area (Å²) in [6.07, 6.45) is 0. The third-order valence-corrected chi connectivity index (χ3v) is 5.37. The van der Waals surface area contributed by atoms with Crippen molar-refractivity contribution in [2.24, 2.45) is 0 Å². The molecule has 0 saturated carbocycles. The first-order chi connectivity index (χ1) is 9.82. The van der Waals surface area contributed by atoms with Crippen molar-refractivity contribution in [1.29, 1.82) is 0 Å². The molecule has 0 aliphatic rings. The summed E-state index contributed by atoms with van der Waals surface area (Å²) in [4.78, 5) is 0.206. The highest BCUT2D eigenvalue weighted by molar-refractivity contribution is 7.89. The number of sulfonamides is 1. The average Bonchev–Trinajstić information content (AvgIpc) is 2.95. The van der Waals surface area contributed by atoms with Gasteiger partial charge in [0, 0.05) is 24.5 Å². The third-order valence-electron chi connectivity index (χ3n) is 3.17. The second kappa shape index (κ2) is 6.08. The van der Waals surface area contributed by atoms with Gasteiger partial charge >= 0.3 is 0 Å². The largest absolute Gasteiger partial charge is 0.243 e. The van der Waals surface area contributed by atoms with Crippen molar-refractivity contribution in [2.75, 3.05) is 13.6 Å². The number of aromatic nitrogens is 4. The van der Waals surface area contributed by atoms with E-state index in [0.717, 1.165) is 0 Å². The summed E-state index contributed by atoms with van der Waals surface area (Å²) in [7, 11) is -2.10. The van der Waals surface area contributed by atoms with Crippen LogP contribution in [0.15, 0.2) is 23.1 Å². The Labute approximate surface area is 128 Å². The molecule has 0 amide bonds. The standard InChI is InChI=1S/C12H16ClN5O2S/c1-8-4-5-10(13)6-11(8)21(19,20)18(3)7-9(2)12-14-16-17-15-12/h4-6,9H,7H2,1-3H3,(H,14,15,16,17)/t9-/m1/s1. The van der Waals surface area contributed by atoms with Crippen LogP contribution < -0.4 is 0 Å². The zero-order valence-electron chi connectivity index (χ0n) is 11.9. The van der Waals surface area contributed by atoms with E-state index < -0.39 is 10.0 Å². The van der Waals surface area contributed by atoms with Crippen LogP contribution in [0.5, 0.6) is 0 Å². The fourth-order valence-corrected chi connectivity index (χ4v) is 3.71. The van der Waals surface area contributed by atoms with Gasteiger partial charge in [0.15, 0.2) is 5.82 Å². The van der Waals surface area contributed by atoms with Crippen LogP contribution >= 0.6 is 11.6 Å². The molecule has 0 aliphatic carbocycles. The Morgan fingerprint density at radius 3 is 2.76 bits per heavy atom. The molecule has 21 heavy (non-hydrogen) atoms. The Hall–Kier alpha value is -1.51. The van der Waals surface area contributed by atoms with Crippen molar-refractivity contribution in [1.82, 2.24) is 24.9 Å². The number of likely N-dealkylation sites (N-methyl/N-ethyl adjacent to an activating group) is 1. The minimum absolute atomic E-state index is 0.178. The van der Waals surface area contributed by atoms with E-state index in [0.29, 0.717) is 16.4 Å². The Balaban J connectivity index is 2.25. The highest BCUT2D eigenvalue weighted by Gasteiger charge is 2.25. The molecule has 0 fully saturated rings. The molecule has 114 valence electrons. The van der Waals surface area contributed by atoms with E-state index in [4.69, 9.17) is 11.6 Å². The van der Waals surface area contributed by atoms with Gasteiger partial charge in [0.05, 0.1) is 4.90 Å². The predicted molar refractivity (Wildman–Crippen MR) is 78.6 cm³/mol. The number of aryl methyl sites for hydroxylation is 1. The first kappa shape index (κ1) is 15.9. The summed E-state index contributed by atoms with van der Waals surface area (Å²) < 4.78 is 26.5. The minimum Gasteiger partial charge on any atom is -0.207 e. The molecule has 1 aromatic carbocycles. The van der Waals surface area contributed by atoms with Gasteiger partial charge in [-0.1, -0.05) is 29.8 Å². The zero-order valence-corrected chi connectivity index (χ0v) is 13.5. The van der Waals surface area contributed by atoms with Crippen molar-refractivity contribution < 1.29 is 8.42 Å². The predicted octanol–water partition coefficient (Wildman–Crippen LogP) is 1.59. The molecule has 2 rings (SSSR count). The number of nitrogens with zero attached hydrogens (tertiary/aromatic N) is 4. The fraction of sp³-hybridized carbons (Fsp3) is 0.417. The van der Waals surface area contributed by atoms with Gasteiger partial charge in [-0.2, -0.15) is 5.21 Å². The molecule has 1 heterocycles. The Kier molecular flexibility index (Phi) is 4.60. The lowest BCUT2D eigenvalue weighted by Gasteiger charge is -2.20. The van der Waals surface area contributed by atoms with Crippen LogP contribution in [0.2, 0.25) is 5.02 Å². The Morgan fingerprint density at radius 1 is 1.43 bits per heavy atom. The van der Waals surface area contributed by atoms with Gasteiger partial charge in [0.2, 0.25) is 10.0 Å². The van der Waals surface area contributed by atoms with E-state index >= 15 is 0 Å².